The van der Waals surface area contributed by atoms with Crippen molar-refractivity contribution in [3.8, 4) is 0 Å². The van der Waals surface area contributed by atoms with E-state index in [-0.39, 0.29) is 27.1 Å². The number of hydrogen-bond acceptors (Lipinski definition) is 3. The first-order chi connectivity index (χ1) is 21.2. The molecule has 5 heteroatoms. The molecule has 0 aromatic heterocycles. The molecule has 0 bridgehead atoms. The summed E-state index contributed by atoms with van der Waals surface area (Å²) in [6.45, 7) is 19.0. The van der Waals surface area contributed by atoms with Gasteiger partial charge in [-0.25, -0.2) is 4.79 Å². The molecule has 45 heavy (non-hydrogen) atoms. The van der Waals surface area contributed by atoms with Crippen molar-refractivity contribution in [2.75, 3.05) is 13.1 Å². The predicted octanol–water partition coefficient (Wildman–Crippen LogP) is 8.58. The Kier molecular flexibility index (Phi) is 8.19. The van der Waals surface area contributed by atoms with Gasteiger partial charge in [0.2, 0.25) is 5.91 Å². The number of aromatic carboxylic acids is 1. The van der Waals surface area contributed by atoms with Crippen LogP contribution in [0, 0.1) is 62.6 Å². The van der Waals surface area contributed by atoms with Gasteiger partial charge in [-0.15, -0.1) is 0 Å². The van der Waals surface area contributed by atoms with E-state index in [9.17, 15) is 14.7 Å². The van der Waals surface area contributed by atoms with Gasteiger partial charge >= 0.3 is 5.97 Å². The van der Waals surface area contributed by atoms with Gasteiger partial charge in [0.25, 0.3) is 0 Å². The van der Waals surface area contributed by atoms with Crippen LogP contribution >= 0.6 is 0 Å². The maximum Gasteiger partial charge on any atom is 0.335 e. The molecule has 5 aliphatic rings. The van der Waals surface area contributed by atoms with Crippen LogP contribution in [0.3, 0.4) is 0 Å². The maximum absolute atomic E-state index is 14.1. The molecule has 248 valence electrons. The van der Waals surface area contributed by atoms with Crippen LogP contribution in [0.2, 0.25) is 0 Å². The number of carboxylic acid groups (broad SMARTS) is 1. The number of nitrogens with two attached hydrogens (primary N) is 1. The van der Waals surface area contributed by atoms with Gasteiger partial charge in [0, 0.05) is 6.54 Å². The van der Waals surface area contributed by atoms with Crippen molar-refractivity contribution in [2.45, 2.75) is 113 Å². The SMILES string of the molecule is CC(C)[C@@H]1CC[C@]2(C(=O)NCCCN)CC[C@]3(C)[C@H](CCC4[C@@]5(C)CC=C(c6ccc(C(=O)O)cc6)C(C)(C)C5CC[C@]43C)C12. The standard InChI is InChI=1S/C40H60N2O3/c1-25(2)28-15-20-40(35(45)42-24-8-23-41)22-21-38(6)30(33(28)40)13-14-32-37(5)18-16-29(26-9-11-27(12-10-26)34(43)44)36(3,4)31(37)17-19-39(32,38)7/h9-12,16,25,28,30-33H,8,13-15,17-24,41H2,1-7H3,(H,42,45)(H,43,44)/t28-,30+,31?,32?,33?,37-,38+,39+,40-/m0/s1. The minimum Gasteiger partial charge on any atom is -0.478 e. The number of carbonyl (C=O) groups excluding carboxylic acids is 1. The van der Waals surface area contributed by atoms with Gasteiger partial charge in [0.1, 0.15) is 0 Å². The number of carboxylic acids is 1. The molecule has 4 saturated carbocycles. The molecule has 0 radical (unpaired) electrons. The highest BCUT2D eigenvalue weighted by Crippen LogP contribution is 2.77. The lowest BCUT2D eigenvalue weighted by Gasteiger charge is -2.72. The Balaban J connectivity index is 1.34. The van der Waals surface area contributed by atoms with E-state index < -0.39 is 5.97 Å². The summed E-state index contributed by atoms with van der Waals surface area (Å²) in [5.74, 6) is 2.98. The second-order valence-electron chi connectivity index (χ2n) is 17.6. The zero-order valence-electron chi connectivity index (χ0n) is 29.2. The monoisotopic (exact) mass is 616 g/mol. The summed E-state index contributed by atoms with van der Waals surface area (Å²) in [6, 6.07) is 7.56. The number of hydrogen-bond donors (Lipinski definition) is 3. The summed E-state index contributed by atoms with van der Waals surface area (Å²) >= 11 is 0. The lowest BCUT2D eigenvalue weighted by atomic mass is 9.32. The van der Waals surface area contributed by atoms with Crippen LogP contribution < -0.4 is 11.1 Å². The van der Waals surface area contributed by atoms with Crippen molar-refractivity contribution in [3.63, 3.8) is 0 Å². The summed E-state index contributed by atoms with van der Waals surface area (Å²) < 4.78 is 0. The fourth-order valence-corrected chi connectivity index (χ4v) is 13.2. The highest BCUT2D eigenvalue weighted by molar-refractivity contribution is 5.88. The molecule has 6 rings (SSSR count). The Hall–Kier alpha value is -2.14. The summed E-state index contributed by atoms with van der Waals surface area (Å²) in [6.07, 6.45) is 13.9. The van der Waals surface area contributed by atoms with Gasteiger partial charge in [-0.05, 0) is 151 Å². The second-order valence-corrected chi connectivity index (χ2v) is 17.6. The van der Waals surface area contributed by atoms with E-state index in [1.807, 2.05) is 12.1 Å². The average Bonchev–Trinajstić information content (AvgIpc) is 3.39. The molecular formula is C40H60N2O3. The quantitative estimate of drug-likeness (QED) is 0.268. The molecule has 0 heterocycles. The Labute approximate surface area is 272 Å². The number of benzene rings is 1. The minimum atomic E-state index is -0.869. The van der Waals surface area contributed by atoms with Gasteiger partial charge in [0.05, 0.1) is 11.0 Å². The highest BCUT2D eigenvalue weighted by atomic mass is 16.4. The molecule has 0 spiro atoms. The van der Waals surface area contributed by atoms with Crippen LogP contribution in [0.25, 0.3) is 5.57 Å². The van der Waals surface area contributed by atoms with Crippen LogP contribution in [0.4, 0.5) is 0 Å². The van der Waals surface area contributed by atoms with Crippen LogP contribution in [0.1, 0.15) is 129 Å². The molecule has 4 fully saturated rings. The van der Waals surface area contributed by atoms with Gasteiger partial charge in [-0.2, -0.15) is 0 Å². The second kappa shape index (κ2) is 11.2. The molecule has 3 unspecified atom stereocenters. The van der Waals surface area contributed by atoms with Crippen molar-refractivity contribution in [3.05, 3.63) is 41.5 Å². The van der Waals surface area contributed by atoms with Gasteiger partial charge in [0.15, 0.2) is 0 Å². The number of allylic oxidation sites excluding steroid dienone is 2. The fraction of sp³-hybridized carbons (Fsp3) is 0.750. The first-order valence-electron chi connectivity index (χ1n) is 18.2. The molecule has 1 amide bonds. The van der Waals surface area contributed by atoms with E-state index in [0.717, 1.165) is 32.1 Å². The highest BCUT2D eigenvalue weighted by Gasteiger charge is 2.71. The Bertz CT molecular complexity index is 1350. The van der Waals surface area contributed by atoms with Crippen LogP contribution in [-0.2, 0) is 4.79 Å². The average molecular weight is 617 g/mol. The minimum absolute atomic E-state index is 0.00828. The Morgan fingerprint density at radius 2 is 1.62 bits per heavy atom. The van der Waals surface area contributed by atoms with Crippen molar-refractivity contribution in [1.29, 1.82) is 0 Å². The molecule has 1 aromatic rings. The number of nitrogens with one attached hydrogen (secondary N) is 1. The van der Waals surface area contributed by atoms with Crippen molar-refractivity contribution in [1.82, 2.24) is 5.32 Å². The number of rotatable bonds is 7. The Morgan fingerprint density at radius 1 is 0.911 bits per heavy atom. The molecule has 1 aromatic carbocycles. The summed E-state index contributed by atoms with van der Waals surface area (Å²) in [4.78, 5) is 25.6. The summed E-state index contributed by atoms with van der Waals surface area (Å²) in [5.41, 5.74) is 9.20. The lowest BCUT2D eigenvalue weighted by molar-refractivity contribution is -0.227. The third-order valence-electron chi connectivity index (χ3n) is 15.5. The van der Waals surface area contributed by atoms with Crippen molar-refractivity contribution < 1.29 is 14.7 Å². The molecule has 0 aliphatic heterocycles. The first kappa shape index (κ1) is 32.8. The van der Waals surface area contributed by atoms with Crippen LogP contribution in [0.5, 0.6) is 0 Å². The molecule has 0 saturated heterocycles. The van der Waals surface area contributed by atoms with E-state index in [1.165, 1.54) is 43.2 Å². The smallest absolute Gasteiger partial charge is 0.335 e. The van der Waals surface area contributed by atoms with E-state index >= 15 is 0 Å². The maximum atomic E-state index is 14.1. The van der Waals surface area contributed by atoms with E-state index in [2.05, 4.69) is 59.9 Å². The van der Waals surface area contributed by atoms with Gasteiger partial charge < -0.3 is 16.2 Å². The Morgan fingerprint density at radius 3 is 2.27 bits per heavy atom. The van der Waals surface area contributed by atoms with Crippen LogP contribution in [-0.4, -0.2) is 30.1 Å². The molecule has 5 nitrogen and oxygen atoms in total. The molecule has 9 atom stereocenters. The topological polar surface area (TPSA) is 92.4 Å². The first-order valence-corrected chi connectivity index (χ1v) is 18.2. The number of fused-ring (bicyclic) bond motifs is 7. The normalized spacial score (nSPS) is 41.7. The van der Waals surface area contributed by atoms with E-state index in [0.29, 0.717) is 60.1 Å². The molecule has 4 N–H and O–H groups in total. The van der Waals surface area contributed by atoms with Crippen LogP contribution in [0.15, 0.2) is 30.3 Å². The number of amides is 1. The summed E-state index contributed by atoms with van der Waals surface area (Å²) in [5, 5.41) is 12.8. The zero-order chi connectivity index (χ0) is 32.6. The van der Waals surface area contributed by atoms with Gasteiger partial charge in [-0.1, -0.05) is 66.7 Å². The summed E-state index contributed by atoms with van der Waals surface area (Å²) in [7, 11) is 0. The van der Waals surface area contributed by atoms with E-state index in [4.69, 9.17) is 5.73 Å². The fourth-order valence-electron chi connectivity index (χ4n) is 13.2. The third kappa shape index (κ3) is 4.63. The number of carbonyl (C=O) groups is 2. The zero-order valence-corrected chi connectivity index (χ0v) is 29.2. The van der Waals surface area contributed by atoms with Crippen molar-refractivity contribution in [2.24, 2.45) is 68.3 Å². The third-order valence-corrected chi connectivity index (χ3v) is 15.5. The van der Waals surface area contributed by atoms with Crippen molar-refractivity contribution >= 4 is 17.4 Å². The largest absolute Gasteiger partial charge is 0.478 e. The van der Waals surface area contributed by atoms with E-state index in [1.54, 1.807) is 12.1 Å². The van der Waals surface area contributed by atoms with Gasteiger partial charge in [-0.3, -0.25) is 4.79 Å². The molecule has 5 aliphatic carbocycles. The molecular weight excluding hydrogens is 556 g/mol. The lowest BCUT2D eigenvalue weighted by Crippen LogP contribution is -2.66. The predicted molar refractivity (Wildman–Crippen MR) is 182 cm³/mol.